The minimum Gasteiger partial charge on any atom is -0.463 e. The van der Waals surface area contributed by atoms with Gasteiger partial charge in [0.15, 0.2) is 6.10 Å². The van der Waals surface area contributed by atoms with Crippen LogP contribution >= 0.6 is 15.6 Å². The maximum Gasteiger partial charge on any atom is 0.472 e. The van der Waals surface area contributed by atoms with Crippen molar-refractivity contribution < 1.29 is 75.8 Å². The van der Waals surface area contributed by atoms with E-state index >= 15 is 0 Å². The lowest BCUT2D eigenvalue weighted by Crippen LogP contribution is -2.30. The fraction of sp³-hybridized carbons (Fsp3) is 0.691. The maximum absolute atomic E-state index is 12.9. The van der Waals surface area contributed by atoms with Gasteiger partial charge in [-0.2, -0.15) is 0 Å². The van der Waals surface area contributed by atoms with Crippen LogP contribution in [0.2, 0.25) is 0 Å². The number of aliphatic hydroxyl groups is 2. The van der Waals surface area contributed by atoms with Crippen molar-refractivity contribution in [1.29, 1.82) is 0 Å². The number of phosphoric acid groups is 2. The lowest BCUT2D eigenvalue weighted by Gasteiger charge is -2.21. The molecule has 0 fully saturated rings. The van der Waals surface area contributed by atoms with Crippen LogP contribution in [0.4, 0.5) is 0 Å². The second-order valence-corrected chi connectivity index (χ2v) is 28.3. The van der Waals surface area contributed by atoms with Gasteiger partial charge in [-0.15, -0.1) is 0 Å². The Labute approximate surface area is 601 Å². The van der Waals surface area contributed by atoms with Gasteiger partial charge in [-0.05, 0) is 109 Å². The molecule has 5 unspecified atom stereocenters. The van der Waals surface area contributed by atoms with E-state index in [0.717, 1.165) is 122 Å². The molecule has 0 radical (unpaired) electrons. The highest BCUT2D eigenvalue weighted by molar-refractivity contribution is 7.47. The Hall–Kier alpha value is -4.31. The Balaban J connectivity index is 4.51. The minimum absolute atomic E-state index is 0.0920. The van der Waals surface area contributed by atoms with Gasteiger partial charge >= 0.3 is 33.6 Å². The lowest BCUT2D eigenvalue weighted by molar-refractivity contribution is -0.161. The number of carbonyl (C=O) groups is 3. The van der Waals surface area contributed by atoms with Gasteiger partial charge in [0.2, 0.25) is 0 Å². The third kappa shape index (κ3) is 74.7. The van der Waals surface area contributed by atoms with Crippen LogP contribution in [-0.4, -0.2) is 95.9 Å². The summed E-state index contributed by atoms with van der Waals surface area (Å²) in [7, 11) is -9.80. The molecule has 0 aliphatic heterocycles. The van der Waals surface area contributed by atoms with Crippen LogP contribution < -0.4 is 0 Å². The van der Waals surface area contributed by atoms with Crippen molar-refractivity contribution in [2.45, 2.75) is 322 Å². The van der Waals surface area contributed by atoms with Crippen LogP contribution in [0, 0.1) is 0 Å². The molecule has 4 N–H and O–H groups in total. The Morgan fingerprint density at radius 2 is 0.545 bits per heavy atom. The van der Waals surface area contributed by atoms with E-state index in [1.54, 1.807) is 0 Å². The number of ether oxygens (including phenoxy) is 3. The highest BCUT2D eigenvalue weighted by atomic mass is 31.2. The molecule has 0 aromatic heterocycles. The van der Waals surface area contributed by atoms with Crippen LogP contribution in [0.15, 0.2) is 134 Å². The molecule has 0 saturated heterocycles. The fourth-order valence-corrected chi connectivity index (χ4v) is 11.7. The van der Waals surface area contributed by atoms with E-state index < -0.39 is 91.5 Å². The van der Waals surface area contributed by atoms with Gasteiger partial charge in [0.05, 0.1) is 26.4 Å². The van der Waals surface area contributed by atoms with Gasteiger partial charge in [0, 0.05) is 19.3 Å². The van der Waals surface area contributed by atoms with Crippen molar-refractivity contribution in [3.63, 3.8) is 0 Å². The molecule has 99 heavy (non-hydrogen) atoms. The van der Waals surface area contributed by atoms with Crippen molar-refractivity contribution in [2.75, 3.05) is 39.6 Å². The highest BCUT2D eigenvalue weighted by Gasteiger charge is 2.29. The SMILES string of the molecule is CC/C=C\C/C=C\C/C=C\C/C=C\C/C=C\C/C=C\CCCCCCCCCCCCCCC(=O)OCC(O)COP(=O)(O)OCC(O)COP(=O)(O)OCC(COC(=O)CCC/C=C\C/C=C\C/C=C\C/C=C\C/C=C\CC)OC(=O)CCCCCCCCCCCCCCCCC. The molecule has 0 saturated carbocycles. The van der Waals surface area contributed by atoms with Crippen molar-refractivity contribution in [3.05, 3.63) is 134 Å². The molecule has 568 valence electrons. The standard InChI is InChI=1S/C81H138O16P2/c1-4-7-10-13-16-19-22-25-28-30-31-32-33-34-35-36-37-38-39-40-41-42-43-45-48-49-52-55-58-61-64-67-79(84)91-70-76(82)71-93-98(87,88)94-72-77(83)73-95-99(89,90)96-75-78(97-81(86)69-66-63-60-57-54-51-46-27-24-21-18-15-12-9-6-3)74-92-80(85)68-65-62-59-56-53-50-47-44-29-26-23-20-17-14-11-8-5-2/h7-8,10-11,16-17,19-20,25-26,28-29,31-32,34-35,37-38,47,50,56,59,76-78,82-83H,4-6,9,12-15,18,21-24,27,30,33,36,39-46,48-49,51-55,57-58,60-75H2,1-3H3,(H,87,88)(H,89,90)/b10-7-,11-8-,19-16-,20-17-,28-25-,29-26-,32-31-,35-34-,38-37-,50-47-,59-56-. The lowest BCUT2D eigenvalue weighted by atomic mass is 10.0. The van der Waals surface area contributed by atoms with Crippen LogP contribution in [0.5, 0.6) is 0 Å². The van der Waals surface area contributed by atoms with E-state index in [1.165, 1.54) is 116 Å². The van der Waals surface area contributed by atoms with E-state index in [4.69, 9.17) is 32.3 Å². The number of esters is 3. The molecule has 0 rings (SSSR count). The number of rotatable bonds is 72. The van der Waals surface area contributed by atoms with E-state index in [1.807, 2.05) is 12.2 Å². The molecule has 0 amide bonds. The summed E-state index contributed by atoms with van der Waals surface area (Å²) in [6.07, 6.45) is 88.0. The maximum atomic E-state index is 12.9. The molecular formula is C81H138O16P2. The molecule has 18 heteroatoms. The summed E-state index contributed by atoms with van der Waals surface area (Å²) in [6.45, 7) is 2.40. The average Bonchev–Trinajstić information content (AvgIpc) is 2.96. The summed E-state index contributed by atoms with van der Waals surface area (Å²) in [6, 6.07) is 0. The van der Waals surface area contributed by atoms with Gasteiger partial charge < -0.3 is 34.2 Å². The van der Waals surface area contributed by atoms with E-state index in [0.29, 0.717) is 25.7 Å². The number of aliphatic hydroxyl groups excluding tert-OH is 2. The summed E-state index contributed by atoms with van der Waals surface area (Å²) < 4.78 is 61.0. The number of carbonyl (C=O) groups excluding carboxylic acids is 3. The van der Waals surface area contributed by atoms with Crippen molar-refractivity contribution >= 4 is 33.6 Å². The zero-order chi connectivity index (χ0) is 72.3. The number of hydrogen-bond acceptors (Lipinski definition) is 14. The first kappa shape index (κ1) is 94.7. The number of unbranched alkanes of at least 4 members (excludes halogenated alkanes) is 27. The predicted molar refractivity (Wildman–Crippen MR) is 408 cm³/mol. The van der Waals surface area contributed by atoms with Crippen LogP contribution in [0.25, 0.3) is 0 Å². The Bertz CT molecular complexity index is 2330. The largest absolute Gasteiger partial charge is 0.472 e. The predicted octanol–water partition coefficient (Wildman–Crippen LogP) is 22.3. The molecule has 16 nitrogen and oxygen atoms in total. The van der Waals surface area contributed by atoms with Gasteiger partial charge in [-0.1, -0.05) is 309 Å². The minimum atomic E-state index is -4.94. The number of phosphoric ester groups is 2. The third-order valence-electron chi connectivity index (χ3n) is 15.9. The van der Waals surface area contributed by atoms with Crippen molar-refractivity contribution in [3.8, 4) is 0 Å². The van der Waals surface area contributed by atoms with E-state index in [2.05, 4.69) is 142 Å². The zero-order valence-corrected chi connectivity index (χ0v) is 63.7. The Kier molecular flexibility index (Phi) is 70.2. The molecule has 0 aromatic carbocycles. The highest BCUT2D eigenvalue weighted by Crippen LogP contribution is 2.45. The molecule has 5 atom stereocenters. The Morgan fingerprint density at radius 3 is 0.889 bits per heavy atom. The summed E-state index contributed by atoms with van der Waals surface area (Å²) in [5.74, 6) is -1.64. The summed E-state index contributed by atoms with van der Waals surface area (Å²) in [5, 5.41) is 20.6. The third-order valence-corrected chi connectivity index (χ3v) is 17.8. The summed E-state index contributed by atoms with van der Waals surface area (Å²) >= 11 is 0. The first-order valence-corrected chi connectivity index (χ1v) is 41.5. The van der Waals surface area contributed by atoms with Crippen LogP contribution in [-0.2, 0) is 55.8 Å². The van der Waals surface area contributed by atoms with Crippen LogP contribution in [0.1, 0.15) is 303 Å². The van der Waals surface area contributed by atoms with Gasteiger partial charge in [-0.25, -0.2) is 9.13 Å². The van der Waals surface area contributed by atoms with Gasteiger partial charge in [-0.3, -0.25) is 32.5 Å². The molecule has 0 spiro atoms. The topological polar surface area (TPSA) is 231 Å². The second kappa shape index (κ2) is 73.4. The second-order valence-electron chi connectivity index (χ2n) is 25.4. The molecule has 0 aromatic rings. The molecule has 0 heterocycles. The normalized spacial score (nSPS) is 14.8. The van der Waals surface area contributed by atoms with Gasteiger partial charge in [0.25, 0.3) is 0 Å². The quantitative estimate of drug-likeness (QED) is 0.0146. The van der Waals surface area contributed by atoms with E-state index in [-0.39, 0.29) is 19.3 Å². The van der Waals surface area contributed by atoms with Crippen molar-refractivity contribution in [1.82, 2.24) is 0 Å². The number of hydrogen-bond donors (Lipinski definition) is 4. The fourth-order valence-electron chi connectivity index (χ4n) is 10.1. The molecule has 0 aliphatic carbocycles. The first-order chi connectivity index (χ1) is 48.2. The monoisotopic (exact) mass is 1430 g/mol. The molecule has 0 aliphatic rings. The van der Waals surface area contributed by atoms with Gasteiger partial charge in [0.1, 0.15) is 25.4 Å². The summed E-state index contributed by atoms with van der Waals surface area (Å²) in [5.41, 5.74) is 0. The summed E-state index contributed by atoms with van der Waals surface area (Å²) in [4.78, 5) is 58.5. The van der Waals surface area contributed by atoms with E-state index in [9.17, 15) is 43.5 Å². The smallest absolute Gasteiger partial charge is 0.463 e. The molecular weight excluding hydrogens is 1290 g/mol. The first-order valence-electron chi connectivity index (χ1n) is 38.5. The molecule has 0 bridgehead atoms. The van der Waals surface area contributed by atoms with Crippen molar-refractivity contribution in [2.24, 2.45) is 0 Å². The average molecular weight is 1430 g/mol. The van der Waals surface area contributed by atoms with Crippen LogP contribution in [0.3, 0.4) is 0 Å². The zero-order valence-electron chi connectivity index (χ0n) is 61.9. The number of allylic oxidation sites excluding steroid dienone is 22. The Morgan fingerprint density at radius 1 is 0.293 bits per heavy atom.